The molecule has 0 spiro atoms. The molecule has 0 fully saturated rings. The van der Waals surface area contributed by atoms with Crippen molar-refractivity contribution in [2.45, 2.75) is 19.4 Å². The number of halogens is 2. The molecule has 4 N–H and O–H groups in total. The Balaban J connectivity index is 1.45. The van der Waals surface area contributed by atoms with Crippen LogP contribution in [0.3, 0.4) is 0 Å². The summed E-state index contributed by atoms with van der Waals surface area (Å²) < 4.78 is 36.8. The molecule has 5 rings (SSSR count). The van der Waals surface area contributed by atoms with E-state index in [-0.39, 0.29) is 5.95 Å². The van der Waals surface area contributed by atoms with E-state index in [1.165, 1.54) is 16.6 Å². The number of hydrogen-bond acceptors (Lipinski definition) is 7. The number of benzene rings is 1. The molecule has 0 atom stereocenters. The lowest BCUT2D eigenvalue weighted by molar-refractivity contribution is 0.569. The van der Waals surface area contributed by atoms with E-state index in [0.717, 1.165) is 24.3 Å². The summed E-state index contributed by atoms with van der Waals surface area (Å²) in [6, 6.07) is 9.06. The second-order valence-corrected chi connectivity index (χ2v) is 7.94. The van der Waals surface area contributed by atoms with E-state index in [9.17, 15) is 8.78 Å². The van der Waals surface area contributed by atoms with Crippen LogP contribution in [0.1, 0.15) is 12.8 Å². The molecule has 11 heteroatoms. The fraction of sp³-hybridized carbons (Fsp3) is 0.261. The number of fused-ring (bicyclic) bond motifs is 3. The van der Waals surface area contributed by atoms with Crippen molar-refractivity contribution in [3.8, 4) is 11.6 Å². The molecule has 4 heterocycles. The molecule has 0 bridgehead atoms. The zero-order chi connectivity index (χ0) is 23.7. The van der Waals surface area contributed by atoms with E-state index in [0.29, 0.717) is 54.7 Å². The van der Waals surface area contributed by atoms with Crippen LogP contribution in [0.4, 0.5) is 20.4 Å². The first-order valence-corrected chi connectivity index (χ1v) is 11.0. The number of anilines is 2. The molecule has 1 aromatic carbocycles. The Morgan fingerprint density at radius 3 is 2.68 bits per heavy atom. The van der Waals surface area contributed by atoms with Crippen LogP contribution in [0.5, 0.6) is 0 Å². The van der Waals surface area contributed by atoms with Gasteiger partial charge in [-0.3, -0.25) is 0 Å². The highest BCUT2D eigenvalue weighted by Crippen LogP contribution is 2.25. The summed E-state index contributed by atoms with van der Waals surface area (Å²) in [6.07, 6.45) is 5.04. The van der Waals surface area contributed by atoms with E-state index in [4.69, 9.17) is 15.9 Å². The van der Waals surface area contributed by atoms with Crippen LogP contribution in [-0.2, 0) is 6.54 Å². The predicted molar refractivity (Wildman–Crippen MR) is 125 cm³/mol. The van der Waals surface area contributed by atoms with E-state index in [2.05, 4.69) is 15.1 Å². The van der Waals surface area contributed by atoms with Crippen molar-refractivity contribution in [1.29, 1.82) is 0 Å². The summed E-state index contributed by atoms with van der Waals surface area (Å²) in [5.41, 5.74) is 13.4. The van der Waals surface area contributed by atoms with Crippen LogP contribution in [0.2, 0.25) is 0 Å². The normalized spacial score (nSPS) is 11.6. The topological polar surface area (TPSA) is 116 Å². The first-order chi connectivity index (χ1) is 16.5. The molecule has 9 nitrogen and oxygen atoms in total. The van der Waals surface area contributed by atoms with Crippen LogP contribution in [0.15, 0.2) is 53.3 Å². The van der Waals surface area contributed by atoms with Crippen molar-refractivity contribution < 1.29 is 13.2 Å². The second kappa shape index (κ2) is 9.10. The maximum atomic E-state index is 14.5. The summed E-state index contributed by atoms with van der Waals surface area (Å²) in [7, 11) is 0. The maximum Gasteiger partial charge on any atom is 0.225 e. The quantitative estimate of drug-likeness (QED) is 0.320. The molecule has 0 aliphatic carbocycles. The van der Waals surface area contributed by atoms with Gasteiger partial charge in [0.25, 0.3) is 0 Å². The van der Waals surface area contributed by atoms with Gasteiger partial charge in [0.15, 0.2) is 11.4 Å². The summed E-state index contributed by atoms with van der Waals surface area (Å²) in [5.74, 6) is -0.0625. The minimum absolute atomic E-state index is 0.192. The Morgan fingerprint density at radius 1 is 1.03 bits per heavy atom. The van der Waals surface area contributed by atoms with Crippen molar-refractivity contribution >= 4 is 28.3 Å². The largest absolute Gasteiger partial charge is 0.461 e. The number of nitrogens with two attached hydrogens (primary N) is 2. The number of nitrogen functional groups attached to an aromatic ring is 1. The molecule has 0 saturated heterocycles. The van der Waals surface area contributed by atoms with Gasteiger partial charge in [0.05, 0.1) is 17.3 Å². The Bertz CT molecular complexity index is 1430. The third-order valence-corrected chi connectivity index (χ3v) is 5.70. The number of furan rings is 1. The Labute approximate surface area is 193 Å². The van der Waals surface area contributed by atoms with Crippen LogP contribution >= 0.6 is 0 Å². The van der Waals surface area contributed by atoms with E-state index in [1.54, 1.807) is 18.4 Å². The second-order valence-electron chi connectivity index (χ2n) is 7.94. The number of hydrogen-bond donors (Lipinski definition) is 2. The van der Waals surface area contributed by atoms with Crippen molar-refractivity contribution in [1.82, 2.24) is 24.1 Å². The van der Waals surface area contributed by atoms with Crippen LogP contribution in [-0.4, -0.2) is 43.8 Å². The van der Waals surface area contributed by atoms with Gasteiger partial charge in [-0.1, -0.05) is 0 Å². The van der Waals surface area contributed by atoms with Gasteiger partial charge in [-0.15, -0.1) is 5.10 Å². The van der Waals surface area contributed by atoms with E-state index < -0.39 is 11.6 Å². The van der Waals surface area contributed by atoms with Gasteiger partial charge in [0, 0.05) is 31.9 Å². The monoisotopic (exact) mass is 466 g/mol. The molecule has 5 aromatic rings. The Morgan fingerprint density at radius 2 is 1.91 bits per heavy atom. The number of aromatic nitrogens is 5. The van der Waals surface area contributed by atoms with Crippen LogP contribution < -0.4 is 16.4 Å². The van der Waals surface area contributed by atoms with Crippen molar-refractivity contribution in [3.63, 3.8) is 0 Å². The number of rotatable bonds is 9. The van der Waals surface area contributed by atoms with Gasteiger partial charge < -0.3 is 25.4 Å². The lowest BCUT2D eigenvalue weighted by atomic mass is 10.2. The molecule has 0 saturated carbocycles. The smallest absolute Gasteiger partial charge is 0.225 e. The highest BCUT2D eigenvalue weighted by Gasteiger charge is 2.18. The van der Waals surface area contributed by atoms with Gasteiger partial charge in [-0.2, -0.15) is 9.50 Å². The van der Waals surface area contributed by atoms with E-state index in [1.807, 2.05) is 21.7 Å². The van der Waals surface area contributed by atoms with Gasteiger partial charge in [-0.05, 0) is 49.7 Å². The molecular weight excluding hydrogens is 442 g/mol. The Hall–Kier alpha value is -3.99. The maximum absolute atomic E-state index is 14.5. The lowest BCUT2D eigenvalue weighted by Gasteiger charge is -2.25. The summed E-state index contributed by atoms with van der Waals surface area (Å²) in [6.45, 7) is 2.13. The van der Waals surface area contributed by atoms with E-state index >= 15 is 0 Å². The van der Waals surface area contributed by atoms with Gasteiger partial charge >= 0.3 is 0 Å². The number of nitrogens with zero attached hydrogens (tertiary/aromatic N) is 6. The number of unbranched alkanes of at least 4 members (excludes halogenated alkanes) is 1. The first kappa shape index (κ1) is 21.8. The summed E-state index contributed by atoms with van der Waals surface area (Å²) >= 11 is 0. The van der Waals surface area contributed by atoms with Gasteiger partial charge in [0.1, 0.15) is 17.3 Å². The van der Waals surface area contributed by atoms with Gasteiger partial charge in [0.2, 0.25) is 11.8 Å². The van der Waals surface area contributed by atoms with Gasteiger partial charge in [-0.25, -0.2) is 13.8 Å². The standard InChI is InChI=1S/C23H24F2N8O/c24-15-5-6-18(17(25)14-15)31(9-2-1-8-26)11-12-32-10-7-16-21(32)29-23(27)33-22(16)28-20(30-33)19-4-3-13-34-19/h3-7,10,13-14H,1-2,8-9,11-12,26H2,(H2,27,29). The molecule has 176 valence electrons. The summed E-state index contributed by atoms with van der Waals surface area (Å²) in [5, 5.41) is 5.19. The lowest BCUT2D eigenvalue weighted by Crippen LogP contribution is -2.29. The average Bonchev–Trinajstić information content (AvgIpc) is 3.56. The summed E-state index contributed by atoms with van der Waals surface area (Å²) in [4.78, 5) is 11.0. The highest BCUT2D eigenvalue weighted by molar-refractivity contribution is 5.91. The van der Waals surface area contributed by atoms with Crippen LogP contribution in [0.25, 0.3) is 28.3 Å². The minimum Gasteiger partial charge on any atom is -0.461 e. The third-order valence-electron chi connectivity index (χ3n) is 5.70. The fourth-order valence-electron chi connectivity index (χ4n) is 4.02. The molecule has 0 aliphatic heterocycles. The third kappa shape index (κ3) is 4.05. The zero-order valence-electron chi connectivity index (χ0n) is 18.4. The minimum atomic E-state index is -0.606. The molecular formula is C23H24F2N8O. The predicted octanol–water partition coefficient (Wildman–Crippen LogP) is 3.44. The molecule has 34 heavy (non-hydrogen) atoms. The molecule has 4 aromatic heterocycles. The van der Waals surface area contributed by atoms with Crippen LogP contribution in [0, 0.1) is 11.6 Å². The average molecular weight is 466 g/mol. The van der Waals surface area contributed by atoms with Crippen molar-refractivity contribution in [2.24, 2.45) is 5.73 Å². The Kier molecular flexibility index (Phi) is 5.84. The molecule has 0 unspecified atom stereocenters. The molecule has 0 amide bonds. The zero-order valence-corrected chi connectivity index (χ0v) is 18.4. The fourth-order valence-corrected chi connectivity index (χ4v) is 4.02. The van der Waals surface area contributed by atoms with Crippen molar-refractivity contribution in [3.05, 3.63) is 60.5 Å². The highest BCUT2D eigenvalue weighted by atomic mass is 19.1. The SMILES string of the molecule is NCCCCN(CCn1ccc2c1nc(N)n1nc(-c3ccco3)nc21)c1ccc(F)cc1F. The first-order valence-electron chi connectivity index (χ1n) is 11.0. The molecule has 0 radical (unpaired) electrons. The molecule has 0 aliphatic rings. The van der Waals surface area contributed by atoms with Crippen molar-refractivity contribution in [2.75, 3.05) is 30.3 Å².